The lowest BCUT2D eigenvalue weighted by Gasteiger charge is -2.20. The van der Waals surface area contributed by atoms with Crippen LogP contribution in [-0.2, 0) is 0 Å². The maximum Gasteiger partial charge on any atom is 0.251 e. The number of guanidine groups is 1. The summed E-state index contributed by atoms with van der Waals surface area (Å²) in [5.41, 5.74) is 6.47. The van der Waals surface area contributed by atoms with Crippen LogP contribution in [0.4, 0.5) is 0 Å². The summed E-state index contributed by atoms with van der Waals surface area (Å²) >= 11 is 0. The van der Waals surface area contributed by atoms with Crippen molar-refractivity contribution in [3.8, 4) is 5.75 Å². The van der Waals surface area contributed by atoms with Crippen LogP contribution in [0.25, 0.3) is 0 Å². The molecule has 1 atom stereocenters. The van der Waals surface area contributed by atoms with E-state index in [0.717, 1.165) is 19.6 Å². The molecule has 25 heavy (non-hydrogen) atoms. The number of benzene rings is 1. The average Bonchev–Trinajstić information content (AvgIpc) is 3.11. The number of aliphatic imine (C=N–C) groups is 1. The Morgan fingerprint density at radius 2 is 2.20 bits per heavy atom. The Balaban J connectivity index is 1.67. The standard InChI is InChI=1S/C18H29N5O2/c1-3-23-11-5-7-15(23)13-22-18(19)21-10-9-20-17(24)14-6-4-8-16(12-14)25-2/h4,6,8,12,15H,3,5,7,9-11,13H2,1-2H3,(H,20,24)(H3,19,21,22). The van der Waals surface area contributed by atoms with Crippen molar-refractivity contribution < 1.29 is 9.53 Å². The number of carbonyl (C=O) groups excluding carboxylic acids is 1. The molecule has 138 valence electrons. The largest absolute Gasteiger partial charge is 0.497 e. The van der Waals surface area contributed by atoms with Gasteiger partial charge in [-0.1, -0.05) is 13.0 Å². The van der Waals surface area contributed by atoms with Gasteiger partial charge in [0.25, 0.3) is 5.91 Å². The average molecular weight is 347 g/mol. The molecule has 0 saturated carbocycles. The molecule has 7 heteroatoms. The molecule has 1 saturated heterocycles. The molecule has 1 aromatic rings. The molecule has 4 N–H and O–H groups in total. The molecule has 0 bridgehead atoms. The van der Waals surface area contributed by atoms with Crippen LogP contribution in [0.1, 0.15) is 30.1 Å². The molecule has 7 nitrogen and oxygen atoms in total. The molecule has 1 amide bonds. The first kappa shape index (κ1) is 19.1. The Bertz CT molecular complexity index is 591. The molecule has 0 aromatic heterocycles. The van der Waals surface area contributed by atoms with Gasteiger partial charge in [0.1, 0.15) is 5.75 Å². The van der Waals surface area contributed by atoms with Gasteiger partial charge in [-0.3, -0.25) is 14.7 Å². The van der Waals surface area contributed by atoms with Crippen molar-refractivity contribution in [1.29, 1.82) is 0 Å². The summed E-state index contributed by atoms with van der Waals surface area (Å²) < 4.78 is 5.12. The van der Waals surface area contributed by atoms with Gasteiger partial charge in [0, 0.05) is 24.7 Å². The summed E-state index contributed by atoms with van der Waals surface area (Å²) in [6, 6.07) is 7.55. The van der Waals surface area contributed by atoms with E-state index in [2.05, 4.69) is 27.4 Å². The normalized spacial score (nSPS) is 18.2. The predicted octanol–water partition coefficient (Wildman–Crippen LogP) is 0.814. The van der Waals surface area contributed by atoms with Crippen LogP contribution in [0.2, 0.25) is 0 Å². The fraction of sp³-hybridized carbons (Fsp3) is 0.556. The maximum atomic E-state index is 12.1. The van der Waals surface area contributed by atoms with Crippen molar-refractivity contribution in [3.63, 3.8) is 0 Å². The Labute approximate surface area is 149 Å². The molecule has 1 aromatic carbocycles. The number of carbonyl (C=O) groups is 1. The predicted molar refractivity (Wildman–Crippen MR) is 100 cm³/mol. The lowest BCUT2D eigenvalue weighted by molar-refractivity contribution is 0.0954. The summed E-state index contributed by atoms with van der Waals surface area (Å²) in [5.74, 6) is 0.953. The van der Waals surface area contributed by atoms with E-state index in [4.69, 9.17) is 10.5 Å². The van der Waals surface area contributed by atoms with Crippen LogP contribution in [0, 0.1) is 0 Å². The number of amides is 1. The summed E-state index contributed by atoms with van der Waals surface area (Å²) in [6.45, 7) is 6.12. The summed E-state index contributed by atoms with van der Waals surface area (Å²) in [5, 5.41) is 5.88. The zero-order valence-corrected chi connectivity index (χ0v) is 15.1. The minimum atomic E-state index is -0.138. The molecule has 2 rings (SSSR count). The van der Waals surface area contributed by atoms with Crippen LogP contribution in [0.15, 0.2) is 29.3 Å². The van der Waals surface area contributed by atoms with Crippen LogP contribution in [0.3, 0.4) is 0 Å². The number of ether oxygens (including phenoxy) is 1. The van der Waals surface area contributed by atoms with Gasteiger partial charge in [0.05, 0.1) is 13.7 Å². The number of nitrogens with zero attached hydrogens (tertiary/aromatic N) is 2. The van der Waals surface area contributed by atoms with Gasteiger partial charge in [0.2, 0.25) is 0 Å². The van der Waals surface area contributed by atoms with Gasteiger partial charge in [-0.05, 0) is 44.1 Å². The number of nitrogens with two attached hydrogens (primary N) is 1. The number of nitrogens with one attached hydrogen (secondary N) is 2. The van der Waals surface area contributed by atoms with Crippen LogP contribution in [-0.4, -0.2) is 62.6 Å². The van der Waals surface area contributed by atoms with Crippen molar-refractivity contribution in [2.75, 3.05) is 39.8 Å². The highest BCUT2D eigenvalue weighted by Crippen LogP contribution is 2.16. The minimum absolute atomic E-state index is 0.138. The molecule has 0 spiro atoms. The van der Waals surface area contributed by atoms with Crippen molar-refractivity contribution >= 4 is 11.9 Å². The van der Waals surface area contributed by atoms with Gasteiger partial charge in [-0.15, -0.1) is 0 Å². The van der Waals surface area contributed by atoms with E-state index in [1.807, 2.05) is 0 Å². The highest BCUT2D eigenvalue weighted by atomic mass is 16.5. The third kappa shape index (κ3) is 5.94. The quantitative estimate of drug-likeness (QED) is 0.368. The fourth-order valence-corrected chi connectivity index (χ4v) is 3.01. The SMILES string of the molecule is CCN1CCCC1CN=C(N)NCCNC(=O)c1cccc(OC)c1. The Morgan fingerprint density at radius 1 is 1.40 bits per heavy atom. The fourth-order valence-electron chi connectivity index (χ4n) is 3.01. The number of rotatable bonds is 8. The summed E-state index contributed by atoms with van der Waals surface area (Å²) in [6.07, 6.45) is 2.42. The van der Waals surface area contributed by atoms with E-state index in [1.165, 1.54) is 12.8 Å². The highest BCUT2D eigenvalue weighted by molar-refractivity contribution is 5.94. The van der Waals surface area contributed by atoms with Gasteiger partial charge < -0.3 is 21.1 Å². The zero-order valence-electron chi connectivity index (χ0n) is 15.1. The molecule has 0 radical (unpaired) electrons. The zero-order chi connectivity index (χ0) is 18.1. The van der Waals surface area contributed by atoms with E-state index in [9.17, 15) is 4.79 Å². The second-order valence-electron chi connectivity index (χ2n) is 6.07. The van der Waals surface area contributed by atoms with E-state index in [1.54, 1.807) is 31.4 Å². The monoisotopic (exact) mass is 347 g/mol. The van der Waals surface area contributed by atoms with E-state index in [0.29, 0.717) is 36.4 Å². The molecule has 1 aliphatic heterocycles. The summed E-state index contributed by atoms with van der Waals surface area (Å²) in [4.78, 5) is 18.9. The summed E-state index contributed by atoms with van der Waals surface area (Å²) in [7, 11) is 1.58. The highest BCUT2D eigenvalue weighted by Gasteiger charge is 2.22. The second-order valence-corrected chi connectivity index (χ2v) is 6.07. The Kier molecular flexibility index (Phi) is 7.53. The number of likely N-dealkylation sites (tertiary alicyclic amines) is 1. The first-order chi connectivity index (χ1) is 12.1. The van der Waals surface area contributed by atoms with Crippen LogP contribution < -0.4 is 21.1 Å². The number of likely N-dealkylation sites (N-methyl/N-ethyl adjacent to an activating group) is 1. The van der Waals surface area contributed by atoms with Gasteiger partial charge in [-0.25, -0.2) is 0 Å². The Morgan fingerprint density at radius 3 is 2.96 bits per heavy atom. The smallest absolute Gasteiger partial charge is 0.251 e. The van der Waals surface area contributed by atoms with E-state index in [-0.39, 0.29) is 5.91 Å². The molecule has 1 fully saturated rings. The maximum absolute atomic E-state index is 12.1. The number of hydrogen-bond acceptors (Lipinski definition) is 4. The van der Waals surface area contributed by atoms with Crippen LogP contribution in [0.5, 0.6) is 5.75 Å². The van der Waals surface area contributed by atoms with E-state index < -0.39 is 0 Å². The minimum Gasteiger partial charge on any atom is -0.497 e. The van der Waals surface area contributed by atoms with Gasteiger partial charge >= 0.3 is 0 Å². The molecule has 1 unspecified atom stereocenters. The van der Waals surface area contributed by atoms with Crippen molar-refractivity contribution in [1.82, 2.24) is 15.5 Å². The van der Waals surface area contributed by atoms with E-state index >= 15 is 0 Å². The molecule has 1 aliphatic rings. The third-order valence-electron chi connectivity index (χ3n) is 4.43. The second kappa shape index (κ2) is 9.88. The molecular formula is C18H29N5O2. The number of methoxy groups -OCH3 is 1. The van der Waals surface area contributed by atoms with Gasteiger partial charge in [-0.2, -0.15) is 0 Å². The van der Waals surface area contributed by atoms with Crippen molar-refractivity contribution in [3.05, 3.63) is 29.8 Å². The van der Waals surface area contributed by atoms with Crippen LogP contribution >= 0.6 is 0 Å². The lowest BCUT2D eigenvalue weighted by atomic mass is 10.2. The first-order valence-corrected chi connectivity index (χ1v) is 8.84. The van der Waals surface area contributed by atoms with Crippen molar-refractivity contribution in [2.24, 2.45) is 10.7 Å². The number of hydrogen-bond donors (Lipinski definition) is 3. The Hall–Kier alpha value is -2.28. The first-order valence-electron chi connectivity index (χ1n) is 8.84. The molecular weight excluding hydrogens is 318 g/mol. The third-order valence-corrected chi connectivity index (χ3v) is 4.43. The molecule has 0 aliphatic carbocycles. The van der Waals surface area contributed by atoms with Crippen molar-refractivity contribution in [2.45, 2.75) is 25.8 Å². The lowest BCUT2D eigenvalue weighted by Crippen LogP contribution is -2.39. The van der Waals surface area contributed by atoms with Gasteiger partial charge in [0.15, 0.2) is 5.96 Å². The molecule has 1 heterocycles. The topological polar surface area (TPSA) is 92.0 Å².